The van der Waals surface area contributed by atoms with Crippen LogP contribution in [0.4, 0.5) is 0 Å². The molecule has 128 valence electrons. The summed E-state index contributed by atoms with van der Waals surface area (Å²) >= 11 is 6.04. The molecule has 0 aliphatic heterocycles. The van der Waals surface area contributed by atoms with E-state index in [1.165, 1.54) is 0 Å². The first-order chi connectivity index (χ1) is 12.1. The van der Waals surface area contributed by atoms with Crippen LogP contribution in [0.3, 0.4) is 0 Å². The summed E-state index contributed by atoms with van der Waals surface area (Å²) in [6.07, 6.45) is 5.07. The van der Waals surface area contributed by atoms with Gasteiger partial charge >= 0.3 is 5.97 Å². The van der Waals surface area contributed by atoms with Gasteiger partial charge in [-0.3, -0.25) is 4.98 Å². The molecule has 0 atom stereocenters. The Labute approximate surface area is 150 Å². The second-order valence-electron chi connectivity index (χ2n) is 5.11. The van der Waals surface area contributed by atoms with Crippen LogP contribution in [0.2, 0.25) is 5.02 Å². The highest BCUT2D eigenvalue weighted by Crippen LogP contribution is 2.35. The molecule has 3 aromatic rings. The third-order valence-corrected chi connectivity index (χ3v) is 3.78. The molecule has 0 saturated heterocycles. The zero-order valence-corrected chi connectivity index (χ0v) is 14.5. The van der Waals surface area contributed by atoms with Crippen LogP contribution >= 0.6 is 11.6 Å². The molecule has 25 heavy (non-hydrogen) atoms. The van der Waals surface area contributed by atoms with E-state index in [-0.39, 0.29) is 12.3 Å². The lowest BCUT2D eigenvalue weighted by molar-refractivity contribution is 0.0520. The van der Waals surface area contributed by atoms with Gasteiger partial charge in [0.2, 0.25) is 0 Å². The molecule has 0 fully saturated rings. The maximum absolute atomic E-state index is 12.4. The molecule has 0 aliphatic rings. The summed E-state index contributed by atoms with van der Waals surface area (Å²) in [5.41, 5.74) is 2.22. The second kappa shape index (κ2) is 7.36. The van der Waals surface area contributed by atoms with Gasteiger partial charge in [-0.15, -0.1) is 0 Å². The van der Waals surface area contributed by atoms with Gasteiger partial charge in [-0.1, -0.05) is 11.6 Å². The van der Waals surface area contributed by atoms with Crippen LogP contribution in [-0.4, -0.2) is 34.5 Å². The number of nitrogens with zero attached hydrogens (tertiary/aromatic N) is 3. The summed E-state index contributed by atoms with van der Waals surface area (Å²) in [7, 11) is 1.55. The number of methoxy groups -OCH3 is 1. The lowest BCUT2D eigenvalue weighted by atomic mass is 10.1. The van der Waals surface area contributed by atoms with E-state index in [0.717, 1.165) is 5.69 Å². The largest absolute Gasteiger partial charge is 0.496 e. The number of benzene rings is 1. The Kier molecular flexibility index (Phi) is 5.00. The molecule has 3 rings (SSSR count). The number of hydrogen-bond acceptors (Lipinski definition) is 5. The molecule has 0 N–H and O–H groups in total. The molecule has 2 heterocycles. The van der Waals surface area contributed by atoms with Crippen LogP contribution in [0.15, 0.2) is 48.9 Å². The van der Waals surface area contributed by atoms with Crippen molar-refractivity contribution in [2.75, 3.05) is 13.7 Å². The Morgan fingerprint density at radius 2 is 2.12 bits per heavy atom. The molecule has 0 radical (unpaired) electrons. The number of esters is 1. The fourth-order valence-electron chi connectivity index (χ4n) is 2.43. The van der Waals surface area contributed by atoms with Crippen molar-refractivity contribution in [3.05, 3.63) is 59.6 Å². The molecular formula is C18H16ClN3O3. The van der Waals surface area contributed by atoms with Crippen LogP contribution in [0.25, 0.3) is 16.8 Å². The lowest BCUT2D eigenvalue weighted by Gasteiger charge is -2.08. The van der Waals surface area contributed by atoms with Crippen molar-refractivity contribution >= 4 is 17.6 Å². The smallest absolute Gasteiger partial charge is 0.359 e. The van der Waals surface area contributed by atoms with E-state index in [1.807, 2.05) is 6.07 Å². The Morgan fingerprint density at radius 1 is 1.28 bits per heavy atom. The van der Waals surface area contributed by atoms with Crippen molar-refractivity contribution in [3.8, 4) is 22.6 Å². The molecule has 2 aromatic heterocycles. The first-order valence-corrected chi connectivity index (χ1v) is 8.03. The first-order valence-electron chi connectivity index (χ1n) is 7.65. The Bertz CT molecular complexity index is 894. The monoisotopic (exact) mass is 357 g/mol. The van der Waals surface area contributed by atoms with Gasteiger partial charge in [0.1, 0.15) is 5.75 Å². The van der Waals surface area contributed by atoms with Gasteiger partial charge in [0.15, 0.2) is 5.69 Å². The maximum atomic E-state index is 12.4. The van der Waals surface area contributed by atoms with Gasteiger partial charge in [0.05, 0.1) is 25.6 Å². The zero-order valence-electron chi connectivity index (χ0n) is 13.8. The van der Waals surface area contributed by atoms with Crippen molar-refractivity contribution < 1.29 is 14.3 Å². The highest BCUT2D eigenvalue weighted by molar-refractivity contribution is 6.30. The van der Waals surface area contributed by atoms with Gasteiger partial charge in [0.25, 0.3) is 0 Å². The molecule has 0 bridgehead atoms. The molecule has 0 spiro atoms. The third-order valence-electron chi connectivity index (χ3n) is 3.55. The number of rotatable bonds is 5. The summed E-state index contributed by atoms with van der Waals surface area (Å²) in [6, 6.07) is 8.85. The summed E-state index contributed by atoms with van der Waals surface area (Å²) in [5, 5.41) is 4.93. The molecule has 0 aliphatic carbocycles. The van der Waals surface area contributed by atoms with Crippen LogP contribution in [0.1, 0.15) is 17.4 Å². The van der Waals surface area contributed by atoms with E-state index in [0.29, 0.717) is 21.9 Å². The number of halogens is 1. The molecule has 1 aromatic carbocycles. The number of carbonyl (C=O) groups excluding carboxylic acids is 1. The van der Waals surface area contributed by atoms with E-state index >= 15 is 0 Å². The predicted octanol–water partition coefficient (Wildman–Crippen LogP) is 3.77. The van der Waals surface area contributed by atoms with Gasteiger partial charge in [0, 0.05) is 28.5 Å². The lowest BCUT2D eigenvalue weighted by Crippen LogP contribution is -2.08. The zero-order chi connectivity index (χ0) is 17.8. The average molecular weight is 358 g/mol. The first kappa shape index (κ1) is 17.0. The van der Waals surface area contributed by atoms with E-state index < -0.39 is 5.97 Å². The fraction of sp³-hybridized carbons (Fsp3) is 0.167. The molecule has 0 amide bonds. The van der Waals surface area contributed by atoms with Gasteiger partial charge in [-0.25, -0.2) is 9.48 Å². The normalized spacial score (nSPS) is 10.5. The minimum Gasteiger partial charge on any atom is -0.496 e. The second-order valence-corrected chi connectivity index (χ2v) is 5.55. The number of carbonyl (C=O) groups is 1. The molecule has 6 nitrogen and oxygen atoms in total. The standard InChI is InChI=1S/C18H16ClN3O3/c1-3-25-18(23)17-15(14-7-6-12(19)9-16(14)24-2)11-22(21-17)13-5-4-8-20-10-13/h4-11H,3H2,1-2H3. The van der Waals surface area contributed by atoms with Gasteiger partial charge in [-0.05, 0) is 37.3 Å². The number of hydrogen-bond donors (Lipinski definition) is 0. The average Bonchev–Trinajstić information content (AvgIpc) is 3.08. The predicted molar refractivity (Wildman–Crippen MR) is 94.3 cm³/mol. The number of pyridine rings is 1. The quantitative estimate of drug-likeness (QED) is 0.650. The van der Waals surface area contributed by atoms with E-state index in [2.05, 4.69) is 10.1 Å². The Balaban J connectivity index is 2.17. The van der Waals surface area contributed by atoms with Crippen LogP contribution in [0.5, 0.6) is 5.75 Å². The molecule has 0 saturated carbocycles. The summed E-state index contributed by atoms with van der Waals surface area (Å²) in [6.45, 7) is 2.01. The summed E-state index contributed by atoms with van der Waals surface area (Å²) in [5.74, 6) is 0.0425. The van der Waals surface area contributed by atoms with Crippen LogP contribution in [-0.2, 0) is 4.74 Å². The minimum absolute atomic E-state index is 0.200. The third kappa shape index (κ3) is 3.49. The topological polar surface area (TPSA) is 66.2 Å². The molecule has 0 unspecified atom stereocenters. The van der Waals surface area contributed by atoms with E-state index in [1.54, 1.807) is 61.6 Å². The van der Waals surface area contributed by atoms with E-state index in [4.69, 9.17) is 21.1 Å². The van der Waals surface area contributed by atoms with Crippen molar-refractivity contribution in [1.82, 2.24) is 14.8 Å². The van der Waals surface area contributed by atoms with Crippen molar-refractivity contribution in [2.24, 2.45) is 0 Å². The maximum Gasteiger partial charge on any atom is 0.359 e. The molecular weight excluding hydrogens is 342 g/mol. The van der Waals surface area contributed by atoms with Gasteiger partial charge < -0.3 is 9.47 Å². The van der Waals surface area contributed by atoms with Gasteiger partial charge in [-0.2, -0.15) is 5.10 Å². The highest BCUT2D eigenvalue weighted by Gasteiger charge is 2.22. The minimum atomic E-state index is -0.503. The van der Waals surface area contributed by atoms with Crippen molar-refractivity contribution in [1.29, 1.82) is 0 Å². The van der Waals surface area contributed by atoms with Crippen LogP contribution in [0, 0.1) is 0 Å². The van der Waals surface area contributed by atoms with Crippen molar-refractivity contribution in [3.63, 3.8) is 0 Å². The molecule has 7 heteroatoms. The summed E-state index contributed by atoms with van der Waals surface area (Å²) in [4.78, 5) is 16.4. The van der Waals surface area contributed by atoms with E-state index in [9.17, 15) is 4.79 Å². The Morgan fingerprint density at radius 3 is 2.80 bits per heavy atom. The SMILES string of the molecule is CCOC(=O)c1nn(-c2cccnc2)cc1-c1ccc(Cl)cc1OC. The Hall–Kier alpha value is -2.86. The number of aromatic nitrogens is 3. The summed E-state index contributed by atoms with van der Waals surface area (Å²) < 4.78 is 12.1. The fourth-order valence-corrected chi connectivity index (χ4v) is 2.59. The number of ether oxygens (including phenoxy) is 2. The van der Waals surface area contributed by atoms with Crippen molar-refractivity contribution in [2.45, 2.75) is 6.92 Å². The van der Waals surface area contributed by atoms with Crippen LogP contribution < -0.4 is 4.74 Å². The highest BCUT2D eigenvalue weighted by atomic mass is 35.5.